The highest BCUT2D eigenvalue weighted by atomic mass is 19.1. The number of nitrogens with one attached hydrogen (secondary N) is 2. The predicted molar refractivity (Wildman–Crippen MR) is 58.8 cm³/mol. The van der Waals surface area contributed by atoms with E-state index in [0.717, 1.165) is 0 Å². The minimum Gasteiger partial charge on any atom is -0.484 e. The zero-order valence-corrected chi connectivity index (χ0v) is 9.13. The van der Waals surface area contributed by atoms with Gasteiger partial charge in [-0.05, 0) is 31.3 Å². The first-order valence-electron chi connectivity index (χ1n) is 5.02. The van der Waals surface area contributed by atoms with Crippen LogP contribution in [0.1, 0.15) is 0 Å². The van der Waals surface area contributed by atoms with Crippen molar-refractivity contribution in [2.75, 3.05) is 26.7 Å². The van der Waals surface area contributed by atoms with Gasteiger partial charge in [0.15, 0.2) is 6.61 Å². The third-order valence-electron chi connectivity index (χ3n) is 1.88. The first-order valence-corrected chi connectivity index (χ1v) is 5.02. The van der Waals surface area contributed by atoms with Crippen molar-refractivity contribution in [2.45, 2.75) is 0 Å². The Labute approximate surface area is 93.8 Å². The van der Waals surface area contributed by atoms with Crippen LogP contribution < -0.4 is 15.4 Å². The van der Waals surface area contributed by atoms with Gasteiger partial charge in [-0.3, -0.25) is 4.79 Å². The molecule has 1 aromatic rings. The fraction of sp³-hybridized carbons (Fsp3) is 0.364. The Hall–Kier alpha value is -1.62. The fourth-order valence-electron chi connectivity index (χ4n) is 1.06. The Morgan fingerprint density at radius 1 is 1.31 bits per heavy atom. The van der Waals surface area contributed by atoms with Gasteiger partial charge in [0.25, 0.3) is 5.91 Å². The molecule has 0 unspecified atom stereocenters. The molecule has 1 aromatic carbocycles. The molecule has 0 saturated heterocycles. The van der Waals surface area contributed by atoms with Crippen molar-refractivity contribution in [2.24, 2.45) is 0 Å². The molecule has 1 amide bonds. The van der Waals surface area contributed by atoms with Gasteiger partial charge >= 0.3 is 0 Å². The number of halogens is 1. The number of hydrogen-bond acceptors (Lipinski definition) is 3. The lowest BCUT2D eigenvalue weighted by Crippen LogP contribution is -2.33. The Balaban J connectivity index is 2.23. The van der Waals surface area contributed by atoms with E-state index in [0.29, 0.717) is 18.8 Å². The van der Waals surface area contributed by atoms with Gasteiger partial charge in [0.2, 0.25) is 0 Å². The van der Waals surface area contributed by atoms with E-state index in [9.17, 15) is 9.18 Å². The average Bonchev–Trinajstić information content (AvgIpc) is 2.29. The minimum atomic E-state index is -0.328. The molecule has 4 nitrogen and oxygen atoms in total. The molecule has 0 saturated carbocycles. The van der Waals surface area contributed by atoms with Gasteiger partial charge in [0.05, 0.1) is 0 Å². The van der Waals surface area contributed by atoms with Crippen LogP contribution in [0.3, 0.4) is 0 Å². The smallest absolute Gasteiger partial charge is 0.257 e. The second-order valence-corrected chi connectivity index (χ2v) is 3.20. The standard InChI is InChI=1S/C11H15FN2O2/c1-13-6-7-14-11(15)8-16-10-4-2-9(12)3-5-10/h2-5,13H,6-8H2,1H3,(H,14,15). The van der Waals surface area contributed by atoms with E-state index in [1.165, 1.54) is 24.3 Å². The SMILES string of the molecule is CNCCNC(=O)COc1ccc(F)cc1. The summed E-state index contributed by atoms with van der Waals surface area (Å²) in [5.74, 6) is -0.0458. The average molecular weight is 226 g/mol. The topological polar surface area (TPSA) is 50.4 Å². The highest BCUT2D eigenvalue weighted by Gasteiger charge is 2.01. The van der Waals surface area contributed by atoms with Crippen molar-refractivity contribution in [3.63, 3.8) is 0 Å². The molecular weight excluding hydrogens is 211 g/mol. The van der Waals surface area contributed by atoms with Crippen molar-refractivity contribution < 1.29 is 13.9 Å². The lowest BCUT2D eigenvalue weighted by atomic mass is 10.3. The normalized spacial score (nSPS) is 9.88. The Morgan fingerprint density at radius 2 is 2.00 bits per heavy atom. The molecule has 5 heteroatoms. The molecule has 0 atom stereocenters. The largest absolute Gasteiger partial charge is 0.484 e. The number of amides is 1. The first-order chi connectivity index (χ1) is 7.72. The highest BCUT2D eigenvalue weighted by molar-refractivity contribution is 5.77. The van der Waals surface area contributed by atoms with E-state index in [1.54, 1.807) is 7.05 Å². The van der Waals surface area contributed by atoms with Crippen LogP contribution in [0, 0.1) is 5.82 Å². The van der Waals surface area contributed by atoms with Gasteiger partial charge in [0, 0.05) is 13.1 Å². The second kappa shape index (κ2) is 6.79. The predicted octanol–water partition coefficient (Wildman–Crippen LogP) is 0.540. The molecule has 1 rings (SSSR count). The number of carbonyl (C=O) groups excluding carboxylic acids is 1. The summed E-state index contributed by atoms with van der Waals surface area (Å²) >= 11 is 0. The Morgan fingerprint density at radius 3 is 2.62 bits per heavy atom. The number of ether oxygens (including phenoxy) is 1. The van der Waals surface area contributed by atoms with Crippen LogP contribution in [0.25, 0.3) is 0 Å². The quantitative estimate of drug-likeness (QED) is 0.696. The van der Waals surface area contributed by atoms with Gasteiger partial charge in [-0.25, -0.2) is 4.39 Å². The summed E-state index contributed by atoms with van der Waals surface area (Å²) in [5, 5.41) is 5.57. The molecular formula is C11H15FN2O2. The molecule has 0 aromatic heterocycles. The molecule has 16 heavy (non-hydrogen) atoms. The van der Waals surface area contributed by atoms with E-state index in [-0.39, 0.29) is 18.3 Å². The van der Waals surface area contributed by atoms with Gasteiger partial charge in [-0.15, -0.1) is 0 Å². The van der Waals surface area contributed by atoms with Gasteiger partial charge in [0.1, 0.15) is 11.6 Å². The lowest BCUT2D eigenvalue weighted by molar-refractivity contribution is -0.123. The van der Waals surface area contributed by atoms with E-state index < -0.39 is 0 Å². The maximum absolute atomic E-state index is 12.5. The van der Waals surface area contributed by atoms with Crippen LogP contribution in [0.2, 0.25) is 0 Å². The first kappa shape index (κ1) is 12.4. The fourth-order valence-corrected chi connectivity index (χ4v) is 1.06. The number of hydrogen-bond donors (Lipinski definition) is 2. The van der Waals surface area contributed by atoms with Crippen molar-refractivity contribution in [1.82, 2.24) is 10.6 Å². The highest BCUT2D eigenvalue weighted by Crippen LogP contribution is 2.10. The van der Waals surface area contributed by atoms with Gasteiger partial charge in [-0.1, -0.05) is 0 Å². The molecule has 0 heterocycles. The summed E-state index contributed by atoms with van der Waals surface area (Å²) in [4.78, 5) is 11.2. The van der Waals surface area contributed by atoms with Crippen molar-refractivity contribution in [3.05, 3.63) is 30.1 Å². The summed E-state index contributed by atoms with van der Waals surface area (Å²) in [7, 11) is 1.81. The van der Waals surface area contributed by atoms with E-state index >= 15 is 0 Å². The molecule has 0 bridgehead atoms. The molecule has 0 fully saturated rings. The maximum Gasteiger partial charge on any atom is 0.257 e. The summed E-state index contributed by atoms with van der Waals surface area (Å²) in [6, 6.07) is 5.54. The molecule has 0 aliphatic rings. The second-order valence-electron chi connectivity index (χ2n) is 3.20. The number of benzene rings is 1. The number of likely N-dealkylation sites (N-methyl/N-ethyl adjacent to an activating group) is 1. The van der Waals surface area contributed by atoms with Crippen molar-refractivity contribution >= 4 is 5.91 Å². The maximum atomic E-state index is 12.5. The summed E-state index contributed by atoms with van der Waals surface area (Å²) in [5.41, 5.74) is 0. The zero-order valence-electron chi connectivity index (χ0n) is 9.13. The monoisotopic (exact) mass is 226 g/mol. The third kappa shape index (κ3) is 4.75. The Bertz CT molecular complexity index is 327. The van der Waals surface area contributed by atoms with Crippen LogP contribution in [0.15, 0.2) is 24.3 Å². The zero-order chi connectivity index (χ0) is 11.8. The van der Waals surface area contributed by atoms with Crippen LogP contribution >= 0.6 is 0 Å². The van der Waals surface area contributed by atoms with E-state index in [2.05, 4.69) is 10.6 Å². The van der Waals surface area contributed by atoms with Crippen molar-refractivity contribution in [3.8, 4) is 5.75 Å². The lowest BCUT2D eigenvalue weighted by Gasteiger charge is -2.06. The van der Waals surface area contributed by atoms with Gasteiger partial charge < -0.3 is 15.4 Å². The van der Waals surface area contributed by atoms with Crippen LogP contribution in [-0.2, 0) is 4.79 Å². The van der Waals surface area contributed by atoms with E-state index in [1.807, 2.05) is 0 Å². The Kier molecular flexibility index (Phi) is 5.28. The van der Waals surface area contributed by atoms with Crippen LogP contribution in [0.4, 0.5) is 4.39 Å². The molecule has 0 aliphatic carbocycles. The van der Waals surface area contributed by atoms with Crippen molar-refractivity contribution in [1.29, 1.82) is 0 Å². The van der Waals surface area contributed by atoms with E-state index in [4.69, 9.17) is 4.74 Å². The number of carbonyl (C=O) groups is 1. The molecule has 0 aliphatic heterocycles. The molecule has 88 valence electrons. The third-order valence-corrected chi connectivity index (χ3v) is 1.88. The minimum absolute atomic E-state index is 0.0602. The summed E-state index contributed by atoms with van der Waals surface area (Å²) < 4.78 is 17.7. The summed E-state index contributed by atoms with van der Waals surface area (Å²) in [6.45, 7) is 1.21. The van der Waals surface area contributed by atoms with Crippen LogP contribution in [-0.4, -0.2) is 32.7 Å². The van der Waals surface area contributed by atoms with Gasteiger partial charge in [-0.2, -0.15) is 0 Å². The van der Waals surface area contributed by atoms with Crippen LogP contribution in [0.5, 0.6) is 5.75 Å². The molecule has 2 N–H and O–H groups in total. The molecule has 0 spiro atoms. The number of rotatable bonds is 6. The summed E-state index contributed by atoms with van der Waals surface area (Å²) in [6.07, 6.45) is 0. The molecule has 0 radical (unpaired) electrons.